The summed E-state index contributed by atoms with van der Waals surface area (Å²) >= 11 is 0. The molecule has 2 aromatic rings. The lowest BCUT2D eigenvalue weighted by Crippen LogP contribution is -2.31. The standard InChI is InChI=1S/C17H22N2/c1-2-13-6-3-4-8-16(13)19-17-9-5-7-14-12-18-11-10-15(14)17/h5,7,9-13,16,19H,2-4,6,8H2,1H3. The van der Waals surface area contributed by atoms with E-state index in [9.17, 15) is 0 Å². The van der Waals surface area contributed by atoms with Crippen molar-refractivity contribution in [1.29, 1.82) is 0 Å². The van der Waals surface area contributed by atoms with Crippen LogP contribution in [0.25, 0.3) is 10.8 Å². The van der Waals surface area contributed by atoms with Crippen LogP contribution in [0.15, 0.2) is 36.7 Å². The average molecular weight is 254 g/mol. The van der Waals surface area contributed by atoms with E-state index in [4.69, 9.17) is 0 Å². The first kappa shape index (κ1) is 12.5. The van der Waals surface area contributed by atoms with Crippen molar-refractivity contribution in [2.45, 2.75) is 45.1 Å². The Morgan fingerprint density at radius 2 is 2.11 bits per heavy atom. The van der Waals surface area contributed by atoms with Crippen LogP contribution in [0.2, 0.25) is 0 Å². The fraction of sp³-hybridized carbons (Fsp3) is 0.471. The molecule has 1 aliphatic rings. The molecule has 1 N–H and O–H groups in total. The Kier molecular flexibility index (Phi) is 3.67. The Morgan fingerprint density at radius 1 is 1.21 bits per heavy atom. The van der Waals surface area contributed by atoms with Crippen molar-refractivity contribution in [3.63, 3.8) is 0 Å². The number of rotatable bonds is 3. The minimum atomic E-state index is 0.637. The van der Waals surface area contributed by atoms with Crippen molar-refractivity contribution >= 4 is 16.5 Å². The number of aromatic nitrogens is 1. The molecular formula is C17H22N2. The number of fused-ring (bicyclic) bond motifs is 1. The third-order valence-electron chi connectivity index (χ3n) is 4.46. The number of nitrogens with one attached hydrogen (secondary N) is 1. The average Bonchev–Trinajstić information content (AvgIpc) is 2.48. The summed E-state index contributed by atoms with van der Waals surface area (Å²) in [5.41, 5.74) is 1.27. The number of hydrogen-bond acceptors (Lipinski definition) is 2. The monoisotopic (exact) mass is 254 g/mol. The predicted octanol–water partition coefficient (Wildman–Crippen LogP) is 4.62. The van der Waals surface area contributed by atoms with Gasteiger partial charge in [-0.05, 0) is 30.9 Å². The molecule has 0 aliphatic heterocycles. The highest BCUT2D eigenvalue weighted by atomic mass is 14.9. The van der Waals surface area contributed by atoms with Crippen molar-refractivity contribution < 1.29 is 0 Å². The van der Waals surface area contributed by atoms with E-state index in [0.717, 1.165) is 5.92 Å². The van der Waals surface area contributed by atoms with Crippen molar-refractivity contribution in [1.82, 2.24) is 4.98 Å². The van der Waals surface area contributed by atoms with Crippen LogP contribution in [-0.2, 0) is 0 Å². The van der Waals surface area contributed by atoms with E-state index in [0.29, 0.717) is 6.04 Å². The van der Waals surface area contributed by atoms with E-state index in [-0.39, 0.29) is 0 Å². The van der Waals surface area contributed by atoms with E-state index >= 15 is 0 Å². The summed E-state index contributed by atoms with van der Waals surface area (Å²) in [6, 6.07) is 9.20. The van der Waals surface area contributed by atoms with E-state index in [1.54, 1.807) is 0 Å². The maximum Gasteiger partial charge on any atom is 0.0423 e. The van der Waals surface area contributed by atoms with E-state index < -0.39 is 0 Å². The Bertz CT molecular complexity index is 544. The molecule has 2 atom stereocenters. The van der Waals surface area contributed by atoms with Gasteiger partial charge in [0.05, 0.1) is 0 Å². The molecule has 1 aromatic heterocycles. The van der Waals surface area contributed by atoms with E-state index in [1.807, 2.05) is 12.4 Å². The molecule has 100 valence electrons. The molecule has 0 bridgehead atoms. The number of benzene rings is 1. The second kappa shape index (κ2) is 5.60. The summed E-state index contributed by atoms with van der Waals surface area (Å²) in [7, 11) is 0. The van der Waals surface area contributed by atoms with Gasteiger partial charge in [-0.2, -0.15) is 0 Å². The second-order valence-corrected chi connectivity index (χ2v) is 5.61. The molecule has 1 heterocycles. The predicted molar refractivity (Wildman–Crippen MR) is 81.4 cm³/mol. The molecule has 3 rings (SSSR count). The van der Waals surface area contributed by atoms with Crippen LogP contribution in [0.1, 0.15) is 39.0 Å². The summed E-state index contributed by atoms with van der Waals surface area (Å²) in [4.78, 5) is 4.20. The first-order valence-corrected chi connectivity index (χ1v) is 7.47. The lowest BCUT2D eigenvalue weighted by Gasteiger charge is -2.32. The number of hydrogen-bond donors (Lipinski definition) is 1. The molecule has 1 aromatic carbocycles. The van der Waals surface area contributed by atoms with Crippen LogP contribution in [0.3, 0.4) is 0 Å². The van der Waals surface area contributed by atoms with Gasteiger partial charge in [0.2, 0.25) is 0 Å². The first-order valence-electron chi connectivity index (χ1n) is 7.47. The topological polar surface area (TPSA) is 24.9 Å². The number of pyridine rings is 1. The van der Waals surface area contributed by atoms with Crippen LogP contribution < -0.4 is 5.32 Å². The van der Waals surface area contributed by atoms with Gasteiger partial charge in [-0.3, -0.25) is 4.98 Å². The molecule has 0 radical (unpaired) electrons. The fourth-order valence-corrected chi connectivity index (χ4v) is 3.33. The molecule has 1 saturated carbocycles. The molecule has 0 saturated heterocycles. The zero-order valence-electron chi connectivity index (χ0n) is 11.6. The molecule has 0 spiro atoms. The lowest BCUT2D eigenvalue weighted by atomic mass is 9.82. The summed E-state index contributed by atoms with van der Waals surface area (Å²) in [6.07, 6.45) is 10.5. The van der Waals surface area contributed by atoms with Crippen LogP contribution in [0, 0.1) is 5.92 Å². The lowest BCUT2D eigenvalue weighted by molar-refractivity contribution is 0.317. The normalized spacial score (nSPS) is 23.4. The Morgan fingerprint density at radius 3 is 3.00 bits per heavy atom. The van der Waals surface area contributed by atoms with Crippen LogP contribution in [0.4, 0.5) is 5.69 Å². The molecule has 2 heteroatoms. The molecule has 19 heavy (non-hydrogen) atoms. The van der Waals surface area contributed by atoms with Gasteiger partial charge >= 0.3 is 0 Å². The minimum Gasteiger partial charge on any atom is -0.382 e. The van der Waals surface area contributed by atoms with Crippen LogP contribution >= 0.6 is 0 Å². The summed E-state index contributed by atoms with van der Waals surface area (Å²) in [5.74, 6) is 0.825. The van der Waals surface area contributed by atoms with Gasteiger partial charge in [0.15, 0.2) is 0 Å². The third-order valence-corrected chi connectivity index (χ3v) is 4.46. The highest BCUT2D eigenvalue weighted by Crippen LogP contribution is 2.31. The van der Waals surface area contributed by atoms with E-state index in [1.165, 1.54) is 48.6 Å². The summed E-state index contributed by atoms with van der Waals surface area (Å²) in [5, 5.41) is 6.31. The zero-order chi connectivity index (χ0) is 13.1. The van der Waals surface area contributed by atoms with Gasteiger partial charge in [-0.1, -0.05) is 38.3 Å². The smallest absolute Gasteiger partial charge is 0.0423 e. The minimum absolute atomic E-state index is 0.637. The summed E-state index contributed by atoms with van der Waals surface area (Å²) in [6.45, 7) is 2.32. The maximum atomic E-state index is 4.20. The molecule has 1 fully saturated rings. The molecule has 2 nitrogen and oxygen atoms in total. The first-order chi connectivity index (χ1) is 9.38. The summed E-state index contributed by atoms with van der Waals surface area (Å²) < 4.78 is 0. The quantitative estimate of drug-likeness (QED) is 0.864. The fourth-order valence-electron chi connectivity index (χ4n) is 3.33. The zero-order valence-corrected chi connectivity index (χ0v) is 11.6. The number of anilines is 1. The van der Waals surface area contributed by atoms with Gasteiger partial charge in [-0.15, -0.1) is 0 Å². The number of nitrogens with zero attached hydrogens (tertiary/aromatic N) is 1. The van der Waals surface area contributed by atoms with Crippen LogP contribution in [0.5, 0.6) is 0 Å². The van der Waals surface area contributed by atoms with Crippen molar-refractivity contribution in [3.05, 3.63) is 36.7 Å². The molecular weight excluding hydrogens is 232 g/mol. The van der Waals surface area contributed by atoms with Crippen molar-refractivity contribution in [3.8, 4) is 0 Å². The Labute approximate surface area is 115 Å². The highest BCUT2D eigenvalue weighted by Gasteiger charge is 2.23. The van der Waals surface area contributed by atoms with Crippen molar-refractivity contribution in [2.75, 3.05) is 5.32 Å². The van der Waals surface area contributed by atoms with Crippen LogP contribution in [-0.4, -0.2) is 11.0 Å². The maximum absolute atomic E-state index is 4.20. The Hall–Kier alpha value is -1.57. The molecule has 0 amide bonds. The SMILES string of the molecule is CCC1CCCCC1Nc1cccc2cnccc12. The highest BCUT2D eigenvalue weighted by molar-refractivity contribution is 5.93. The molecule has 2 unspecified atom stereocenters. The van der Waals surface area contributed by atoms with Gasteiger partial charge in [0, 0.05) is 34.9 Å². The van der Waals surface area contributed by atoms with Gasteiger partial charge in [0.25, 0.3) is 0 Å². The second-order valence-electron chi connectivity index (χ2n) is 5.61. The van der Waals surface area contributed by atoms with E-state index in [2.05, 4.69) is 41.5 Å². The van der Waals surface area contributed by atoms with Gasteiger partial charge in [0.1, 0.15) is 0 Å². The third kappa shape index (κ3) is 2.58. The molecule has 1 aliphatic carbocycles. The van der Waals surface area contributed by atoms with Gasteiger partial charge < -0.3 is 5.32 Å². The van der Waals surface area contributed by atoms with Crippen molar-refractivity contribution in [2.24, 2.45) is 5.92 Å². The largest absolute Gasteiger partial charge is 0.382 e. The Balaban J connectivity index is 1.88. The van der Waals surface area contributed by atoms with Gasteiger partial charge in [-0.25, -0.2) is 0 Å².